The van der Waals surface area contributed by atoms with E-state index in [-0.39, 0.29) is 5.91 Å². The summed E-state index contributed by atoms with van der Waals surface area (Å²) >= 11 is 0. The third-order valence-electron chi connectivity index (χ3n) is 4.74. The number of nitrogens with zero attached hydrogens (tertiary/aromatic N) is 1. The minimum absolute atomic E-state index is 0.0353. The second-order valence-electron chi connectivity index (χ2n) is 6.63. The van der Waals surface area contributed by atoms with Gasteiger partial charge < -0.3 is 9.64 Å². The van der Waals surface area contributed by atoms with Crippen LogP contribution in [-0.4, -0.2) is 5.91 Å². The van der Waals surface area contributed by atoms with Crippen LogP contribution in [-0.2, 0) is 17.9 Å². The molecule has 3 heteroatoms. The summed E-state index contributed by atoms with van der Waals surface area (Å²) in [5, 5.41) is 0. The van der Waals surface area contributed by atoms with Crippen molar-refractivity contribution < 1.29 is 9.53 Å². The topological polar surface area (TPSA) is 29.5 Å². The third kappa shape index (κ3) is 3.77. The Morgan fingerprint density at radius 3 is 2.48 bits per heavy atom. The average Bonchev–Trinajstić information content (AvgIpc) is 2.69. The Balaban J connectivity index is 1.64. The average molecular weight is 355 g/mol. The number of hydrogen-bond acceptors (Lipinski definition) is 2. The van der Waals surface area contributed by atoms with Crippen molar-refractivity contribution in [3.63, 3.8) is 0 Å². The molecule has 0 aliphatic carbocycles. The maximum absolute atomic E-state index is 12.2. The van der Waals surface area contributed by atoms with Gasteiger partial charge in [-0.15, -0.1) is 0 Å². The van der Waals surface area contributed by atoms with Gasteiger partial charge in [0.05, 0.1) is 12.2 Å². The first-order valence-corrected chi connectivity index (χ1v) is 9.05. The minimum Gasteiger partial charge on any atom is -0.489 e. The van der Waals surface area contributed by atoms with Crippen molar-refractivity contribution in [3.05, 3.63) is 95.1 Å². The number of amides is 1. The van der Waals surface area contributed by atoms with Gasteiger partial charge in [0.15, 0.2) is 0 Å². The van der Waals surface area contributed by atoms with Crippen molar-refractivity contribution in [2.45, 2.75) is 20.1 Å². The van der Waals surface area contributed by atoms with E-state index in [9.17, 15) is 4.79 Å². The summed E-state index contributed by atoms with van der Waals surface area (Å²) < 4.78 is 5.96. The van der Waals surface area contributed by atoms with Crippen LogP contribution in [0, 0.1) is 0 Å². The van der Waals surface area contributed by atoms with E-state index in [2.05, 4.69) is 24.3 Å². The van der Waals surface area contributed by atoms with Crippen LogP contribution in [0.3, 0.4) is 0 Å². The predicted octanol–water partition coefficient (Wildman–Crippen LogP) is 5.30. The fourth-order valence-electron chi connectivity index (χ4n) is 3.29. The van der Waals surface area contributed by atoms with E-state index in [4.69, 9.17) is 4.74 Å². The zero-order valence-electron chi connectivity index (χ0n) is 15.3. The molecule has 4 rings (SSSR count). The van der Waals surface area contributed by atoms with E-state index in [1.807, 2.05) is 65.6 Å². The maximum Gasteiger partial charge on any atom is 0.224 e. The van der Waals surface area contributed by atoms with Gasteiger partial charge in [-0.3, -0.25) is 4.79 Å². The molecule has 3 aromatic rings. The van der Waals surface area contributed by atoms with E-state index < -0.39 is 0 Å². The van der Waals surface area contributed by atoms with E-state index in [0.29, 0.717) is 13.2 Å². The highest BCUT2D eigenvalue weighted by molar-refractivity contribution is 5.95. The molecule has 0 atom stereocenters. The molecule has 27 heavy (non-hydrogen) atoms. The Kier molecular flexibility index (Phi) is 4.75. The van der Waals surface area contributed by atoms with Crippen LogP contribution >= 0.6 is 0 Å². The molecule has 0 fully saturated rings. The second-order valence-corrected chi connectivity index (χ2v) is 6.63. The van der Waals surface area contributed by atoms with Crippen molar-refractivity contribution in [1.82, 2.24) is 0 Å². The Bertz CT molecular complexity index is 992. The van der Waals surface area contributed by atoms with Crippen LogP contribution in [0.25, 0.3) is 12.2 Å². The number of anilines is 1. The van der Waals surface area contributed by atoms with Gasteiger partial charge in [0.1, 0.15) is 12.4 Å². The van der Waals surface area contributed by atoms with Gasteiger partial charge in [0, 0.05) is 6.92 Å². The lowest BCUT2D eigenvalue weighted by atomic mass is 10.0. The summed E-state index contributed by atoms with van der Waals surface area (Å²) in [4.78, 5) is 14.1. The van der Waals surface area contributed by atoms with Gasteiger partial charge in [-0.2, -0.15) is 0 Å². The number of fused-ring (bicyclic) bond motifs is 2. The highest BCUT2D eigenvalue weighted by Crippen LogP contribution is 2.30. The number of carbonyl (C=O) groups is 1. The molecule has 0 N–H and O–H groups in total. The van der Waals surface area contributed by atoms with E-state index in [1.54, 1.807) is 6.92 Å². The van der Waals surface area contributed by atoms with Gasteiger partial charge >= 0.3 is 0 Å². The first-order chi connectivity index (χ1) is 13.2. The van der Waals surface area contributed by atoms with Gasteiger partial charge in [-0.1, -0.05) is 66.7 Å². The van der Waals surface area contributed by atoms with Crippen molar-refractivity contribution in [2.24, 2.45) is 0 Å². The number of carbonyl (C=O) groups excluding carboxylic acids is 1. The predicted molar refractivity (Wildman–Crippen MR) is 109 cm³/mol. The molecular weight excluding hydrogens is 334 g/mol. The van der Waals surface area contributed by atoms with Crippen molar-refractivity contribution in [3.8, 4) is 5.75 Å². The SMILES string of the molecule is CC(=O)N1Cc2ccc(OCc3ccccc3)cc2C=Cc2ccccc21. The zero-order chi connectivity index (χ0) is 18.6. The number of rotatable bonds is 3. The zero-order valence-corrected chi connectivity index (χ0v) is 15.3. The molecule has 3 aromatic carbocycles. The molecule has 0 unspecified atom stereocenters. The van der Waals surface area contributed by atoms with Crippen LogP contribution in [0.1, 0.15) is 29.2 Å². The van der Waals surface area contributed by atoms with Crippen molar-refractivity contribution in [2.75, 3.05) is 4.90 Å². The molecular formula is C24H21NO2. The molecule has 0 saturated heterocycles. The first-order valence-electron chi connectivity index (χ1n) is 9.05. The normalized spacial score (nSPS) is 12.6. The summed E-state index contributed by atoms with van der Waals surface area (Å²) in [6.07, 6.45) is 4.16. The molecule has 0 bridgehead atoms. The molecule has 3 nitrogen and oxygen atoms in total. The molecule has 1 heterocycles. The largest absolute Gasteiger partial charge is 0.489 e. The van der Waals surface area contributed by atoms with E-state index >= 15 is 0 Å². The van der Waals surface area contributed by atoms with E-state index in [0.717, 1.165) is 33.7 Å². The summed E-state index contributed by atoms with van der Waals surface area (Å²) in [7, 11) is 0. The molecule has 0 radical (unpaired) electrons. The van der Waals surface area contributed by atoms with Gasteiger partial charge in [-0.05, 0) is 40.5 Å². The van der Waals surface area contributed by atoms with Crippen LogP contribution in [0.2, 0.25) is 0 Å². The molecule has 1 aliphatic rings. The Hall–Kier alpha value is -3.33. The van der Waals surface area contributed by atoms with Crippen LogP contribution in [0.5, 0.6) is 5.75 Å². The number of ether oxygens (including phenoxy) is 1. The molecule has 0 aromatic heterocycles. The quantitative estimate of drug-likeness (QED) is 0.638. The Morgan fingerprint density at radius 1 is 0.926 bits per heavy atom. The highest BCUT2D eigenvalue weighted by atomic mass is 16.5. The van der Waals surface area contributed by atoms with Crippen LogP contribution in [0.4, 0.5) is 5.69 Å². The lowest BCUT2D eigenvalue weighted by Gasteiger charge is -2.26. The smallest absolute Gasteiger partial charge is 0.224 e. The standard InChI is InChI=1S/C24H21NO2/c1-18(26)25-16-22-13-14-23(27-17-19-7-3-2-4-8-19)15-21(22)12-11-20-9-5-6-10-24(20)25/h2-15H,16-17H2,1H3. The van der Waals surface area contributed by atoms with Crippen LogP contribution in [0.15, 0.2) is 72.8 Å². The lowest BCUT2D eigenvalue weighted by molar-refractivity contribution is -0.116. The fraction of sp³-hybridized carbons (Fsp3) is 0.125. The van der Waals surface area contributed by atoms with E-state index in [1.165, 1.54) is 0 Å². The summed E-state index contributed by atoms with van der Waals surface area (Å²) in [5.41, 5.74) is 5.28. The summed E-state index contributed by atoms with van der Waals surface area (Å²) in [6, 6.07) is 24.2. The van der Waals surface area contributed by atoms with Gasteiger partial charge in [0.25, 0.3) is 0 Å². The van der Waals surface area contributed by atoms with Gasteiger partial charge in [-0.25, -0.2) is 0 Å². The van der Waals surface area contributed by atoms with Gasteiger partial charge in [0.2, 0.25) is 5.91 Å². The number of para-hydroxylation sites is 1. The molecule has 0 saturated carbocycles. The third-order valence-corrected chi connectivity index (χ3v) is 4.74. The second kappa shape index (κ2) is 7.50. The Labute approximate surface area is 159 Å². The Morgan fingerprint density at radius 2 is 1.67 bits per heavy atom. The molecule has 1 aliphatic heterocycles. The summed E-state index contributed by atoms with van der Waals surface area (Å²) in [6.45, 7) is 2.69. The molecule has 0 spiro atoms. The minimum atomic E-state index is 0.0353. The van der Waals surface area contributed by atoms with Crippen LogP contribution < -0.4 is 9.64 Å². The maximum atomic E-state index is 12.2. The summed E-state index contributed by atoms with van der Waals surface area (Å²) in [5.74, 6) is 0.860. The number of benzene rings is 3. The molecule has 1 amide bonds. The number of hydrogen-bond donors (Lipinski definition) is 0. The lowest BCUT2D eigenvalue weighted by Crippen LogP contribution is -2.29. The van der Waals surface area contributed by atoms with Crippen molar-refractivity contribution in [1.29, 1.82) is 0 Å². The highest BCUT2D eigenvalue weighted by Gasteiger charge is 2.18. The fourth-order valence-corrected chi connectivity index (χ4v) is 3.29. The first kappa shape index (κ1) is 17.1. The molecule has 134 valence electrons. The monoisotopic (exact) mass is 355 g/mol. The van der Waals surface area contributed by atoms with Crippen molar-refractivity contribution >= 4 is 23.7 Å².